The molecule has 1 N–H and O–H groups in total. The van der Waals surface area contributed by atoms with Gasteiger partial charge >= 0.3 is 0 Å². The number of ether oxygens (including phenoxy) is 1. The van der Waals surface area contributed by atoms with Gasteiger partial charge in [-0.05, 0) is 38.1 Å². The summed E-state index contributed by atoms with van der Waals surface area (Å²) < 4.78 is 5.30. The number of carbonyl (C=O) groups excluding carboxylic acids is 1. The molecule has 92 valence electrons. The van der Waals surface area contributed by atoms with E-state index < -0.39 is 0 Å². The largest absolute Gasteiger partial charge is 0.381 e. The summed E-state index contributed by atoms with van der Waals surface area (Å²) in [5.74, 6) is 1.05. The van der Waals surface area contributed by atoms with Gasteiger partial charge in [0.2, 0.25) is 5.91 Å². The lowest BCUT2D eigenvalue weighted by Gasteiger charge is -2.31. The van der Waals surface area contributed by atoms with Gasteiger partial charge in [-0.2, -0.15) is 0 Å². The highest BCUT2D eigenvalue weighted by molar-refractivity contribution is 5.78. The number of rotatable bonds is 5. The van der Waals surface area contributed by atoms with Crippen LogP contribution in [0.15, 0.2) is 0 Å². The first-order chi connectivity index (χ1) is 7.77. The maximum absolute atomic E-state index is 11.9. The molecule has 0 bridgehead atoms. The van der Waals surface area contributed by atoms with Crippen LogP contribution in [0.4, 0.5) is 0 Å². The summed E-state index contributed by atoms with van der Waals surface area (Å²) in [6.07, 6.45) is 4.61. The molecular weight excluding hydrogens is 204 g/mol. The molecule has 0 radical (unpaired) electrons. The number of likely N-dealkylation sites (N-methyl/N-ethyl adjacent to an activating group) is 1. The minimum atomic E-state index is 0.215. The Bertz CT molecular complexity index is 235. The van der Waals surface area contributed by atoms with Crippen molar-refractivity contribution in [2.24, 2.45) is 5.92 Å². The highest BCUT2D eigenvalue weighted by atomic mass is 16.5. The van der Waals surface area contributed by atoms with E-state index in [1.54, 1.807) is 0 Å². The Balaban J connectivity index is 1.65. The van der Waals surface area contributed by atoms with Crippen LogP contribution in [0, 0.1) is 5.92 Å². The van der Waals surface area contributed by atoms with Gasteiger partial charge in [0.15, 0.2) is 0 Å². The molecule has 1 saturated heterocycles. The Kier molecular flexibility index (Phi) is 4.18. The summed E-state index contributed by atoms with van der Waals surface area (Å²) in [7, 11) is 1.91. The summed E-state index contributed by atoms with van der Waals surface area (Å²) in [5.41, 5.74) is 0. The van der Waals surface area contributed by atoms with Crippen LogP contribution in [0.2, 0.25) is 0 Å². The molecular formula is C12H22N2O2. The fourth-order valence-electron chi connectivity index (χ4n) is 2.11. The third kappa shape index (κ3) is 3.46. The number of carbonyl (C=O) groups is 1. The first-order valence-electron chi connectivity index (χ1n) is 6.31. The fraction of sp³-hybridized carbons (Fsp3) is 0.917. The molecule has 0 spiro atoms. The predicted molar refractivity (Wildman–Crippen MR) is 62.2 cm³/mol. The van der Waals surface area contributed by atoms with Crippen molar-refractivity contribution >= 4 is 5.91 Å². The second-order valence-electron chi connectivity index (χ2n) is 4.92. The van der Waals surface area contributed by atoms with Gasteiger partial charge in [-0.3, -0.25) is 4.79 Å². The average Bonchev–Trinajstić information content (AvgIpc) is 3.13. The predicted octanol–water partition coefficient (Wildman–Crippen LogP) is 0.623. The van der Waals surface area contributed by atoms with Crippen molar-refractivity contribution in [3.63, 3.8) is 0 Å². The zero-order valence-corrected chi connectivity index (χ0v) is 10.1. The lowest BCUT2D eigenvalue weighted by Crippen LogP contribution is -2.44. The van der Waals surface area contributed by atoms with Gasteiger partial charge < -0.3 is 15.0 Å². The normalized spacial score (nSPS) is 22.1. The summed E-state index contributed by atoms with van der Waals surface area (Å²) >= 11 is 0. The molecule has 1 saturated carbocycles. The van der Waals surface area contributed by atoms with Gasteiger partial charge in [-0.15, -0.1) is 0 Å². The van der Waals surface area contributed by atoms with Gasteiger partial charge in [0.05, 0.1) is 6.54 Å². The monoisotopic (exact) mass is 226 g/mol. The van der Waals surface area contributed by atoms with Crippen LogP contribution in [0.5, 0.6) is 0 Å². The summed E-state index contributed by atoms with van der Waals surface area (Å²) in [5, 5.41) is 3.24. The molecule has 2 aliphatic rings. The lowest BCUT2D eigenvalue weighted by atomic mass is 10.1. The minimum absolute atomic E-state index is 0.215. The van der Waals surface area contributed by atoms with Gasteiger partial charge in [0.1, 0.15) is 0 Å². The Labute approximate surface area is 97.3 Å². The van der Waals surface area contributed by atoms with Crippen LogP contribution >= 0.6 is 0 Å². The molecule has 1 amide bonds. The van der Waals surface area contributed by atoms with E-state index in [0.29, 0.717) is 12.6 Å². The Morgan fingerprint density at radius 3 is 2.62 bits per heavy atom. The summed E-state index contributed by atoms with van der Waals surface area (Å²) in [4.78, 5) is 13.8. The smallest absolute Gasteiger partial charge is 0.236 e. The summed E-state index contributed by atoms with van der Waals surface area (Å²) in [6.45, 7) is 3.08. The van der Waals surface area contributed by atoms with Crippen LogP contribution < -0.4 is 5.32 Å². The molecule has 4 nitrogen and oxygen atoms in total. The quantitative estimate of drug-likeness (QED) is 0.747. The van der Waals surface area contributed by atoms with E-state index in [9.17, 15) is 4.79 Å². The first-order valence-corrected chi connectivity index (χ1v) is 6.31. The molecule has 0 aromatic heterocycles. The van der Waals surface area contributed by atoms with Crippen LogP contribution in [0.3, 0.4) is 0 Å². The molecule has 1 aliphatic carbocycles. The van der Waals surface area contributed by atoms with E-state index in [4.69, 9.17) is 4.74 Å². The van der Waals surface area contributed by atoms with E-state index >= 15 is 0 Å². The van der Waals surface area contributed by atoms with Gasteiger partial charge in [0.25, 0.3) is 0 Å². The van der Waals surface area contributed by atoms with Crippen molar-refractivity contribution in [2.75, 3.05) is 33.4 Å². The van der Waals surface area contributed by atoms with Crippen molar-refractivity contribution in [1.29, 1.82) is 0 Å². The van der Waals surface area contributed by atoms with Crippen LogP contribution in [0.1, 0.15) is 25.7 Å². The lowest BCUT2D eigenvalue weighted by molar-refractivity contribution is -0.132. The highest BCUT2D eigenvalue weighted by Crippen LogP contribution is 2.27. The third-order valence-corrected chi connectivity index (χ3v) is 3.54. The second kappa shape index (κ2) is 5.64. The van der Waals surface area contributed by atoms with Crippen molar-refractivity contribution < 1.29 is 9.53 Å². The van der Waals surface area contributed by atoms with E-state index in [2.05, 4.69) is 5.32 Å². The van der Waals surface area contributed by atoms with E-state index in [1.807, 2.05) is 11.9 Å². The number of nitrogens with one attached hydrogen (secondary N) is 1. The Morgan fingerprint density at radius 2 is 2.00 bits per heavy atom. The third-order valence-electron chi connectivity index (χ3n) is 3.54. The molecule has 0 aromatic rings. The van der Waals surface area contributed by atoms with Crippen LogP contribution in [-0.2, 0) is 9.53 Å². The van der Waals surface area contributed by atoms with Crippen molar-refractivity contribution in [1.82, 2.24) is 10.2 Å². The fourth-order valence-corrected chi connectivity index (χ4v) is 2.11. The number of hydrogen-bond acceptors (Lipinski definition) is 3. The standard InChI is InChI=1S/C12H22N2O2/c1-14(11-4-6-16-7-5-11)12(15)9-13-8-10-2-3-10/h10-11,13H,2-9H2,1H3. The van der Waals surface area contributed by atoms with Crippen LogP contribution in [-0.4, -0.2) is 50.2 Å². The van der Waals surface area contributed by atoms with Crippen molar-refractivity contribution in [2.45, 2.75) is 31.7 Å². The van der Waals surface area contributed by atoms with E-state index in [-0.39, 0.29) is 5.91 Å². The van der Waals surface area contributed by atoms with Gasteiger partial charge in [-0.25, -0.2) is 0 Å². The van der Waals surface area contributed by atoms with Crippen LogP contribution in [0.25, 0.3) is 0 Å². The second-order valence-corrected chi connectivity index (χ2v) is 4.92. The maximum atomic E-state index is 11.9. The first kappa shape index (κ1) is 11.9. The number of amides is 1. The molecule has 2 rings (SSSR count). The average molecular weight is 226 g/mol. The van der Waals surface area contributed by atoms with Crippen molar-refractivity contribution in [3.8, 4) is 0 Å². The molecule has 1 aliphatic heterocycles. The molecule has 1 heterocycles. The minimum Gasteiger partial charge on any atom is -0.381 e. The zero-order valence-electron chi connectivity index (χ0n) is 10.1. The highest BCUT2D eigenvalue weighted by Gasteiger charge is 2.23. The topological polar surface area (TPSA) is 41.6 Å². The molecule has 0 atom stereocenters. The number of nitrogens with zero attached hydrogens (tertiary/aromatic N) is 1. The zero-order chi connectivity index (χ0) is 11.4. The van der Waals surface area contributed by atoms with Gasteiger partial charge in [0, 0.05) is 26.3 Å². The van der Waals surface area contributed by atoms with Crippen molar-refractivity contribution in [3.05, 3.63) is 0 Å². The molecule has 4 heteroatoms. The summed E-state index contributed by atoms with van der Waals surface area (Å²) in [6, 6.07) is 0.379. The van der Waals surface area contributed by atoms with E-state index in [0.717, 1.165) is 38.5 Å². The Morgan fingerprint density at radius 1 is 1.31 bits per heavy atom. The number of hydrogen-bond donors (Lipinski definition) is 1. The maximum Gasteiger partial charge on any atom is 0.236 e. The molecule has 0 aromatic carbocycles. The van der Waals surface area contributed by atoms with Gasteiger partial charge in [-0.1, -0.05) is 0 Å². The Hall–Kier alpha value is -0.610. The van der Waals surface area contributed by atoms with E-state index in [1.165, 1.54) is 12.8 Å². The molecule has 16 heavy (non-hydrogen) atoms. The molecule has 0 unspecified atom stereocenters. The molecule has 2 fully saturated rings. The SMILES string of the molecule is CN(C(=O)CNCC1CC1)C1CCOCC1.